The van der Waals surface area contributed by atoms with Gasteiger partial charge in [-0.05, 0) is 31.2 Å². The van der Waals surface area contributed by atoms with Crippen LogP contribution in [0.25, 0.3) is 0 Å². The number of rotatable bonds is 7. The lowest BCUT2D eigenvalue weighted by atomic mass is 9.87. The fourth-order valence-corrected chi connectivity index (χ4v) is 3.69. The van der Waals surface area contributed by atoms with Crippen LogP contribution < -0.4 is 10.6 Å². The molecular formula is C20H35N5O4. The van der Waals surface area contributed by atoms with E-state index in [4.69, 9.17) is 9.57 Å². The molecule has 9 heteroatoms. The molecule has 2 N–H and O–H groups in total. The van der Waals surface area contributed by atoms with Crippen molar-refractivity contribution in [2.24, 2.45) is 5.41 Å². The molecule has 0 aliphatic carbocycles. The molecule has 164 valence electrons. The molecule has 2 aliphatic heterocycles. The van der Waals surface area contributed by atoms with Gasteiger partial charge in [0.2, 0.25) is 5.91 Å². The lowest BCUT2D eigenvalue weighted by Crippen LogP contribution is -2.57. The predicted molar refractivity (Wildman–Crippen MR) is 108 cm³/mol. The number of nitriles is 1. The van der Waals surface area contributed by atoms with Gasteiger partial charge in [-0.15, -0.1) is 5.06 Å². The number of hydrogen-bond acceptors (Lipinski definition) is 7. The second-order valence-electron chi connectivity index (χ2n) is 9.09. The highest BCUT2D eigenvalue weighted by Gasteiger charge is 2.41. The average molecular weight is 410 g/mol. The Hall–Kier alpha value is -1.89. The molecule has 0 saturated carbocycles. The van der Waals surface area contributed by atoms with Gasteiger partial charge in [-0.25, -0.2) is 4.79 Å². The Labute approximate surface area is 173 Å². The zero-order valence-corrected chi connectivity index (χ0v) is 18.1. The Morgan fingerprint density at radius 2 is 1.97 bits per heavy atom. The van der Waals surface area contributed by atoms with Crippen LogP contribution in [0.15, 0.2) is 0 Å². The van der Waals surface area contributed by atoms with E-state index in [1.54, 1.807) is 0 Å². The molecule has 2 amide bonds. The lowest BCUT2D eigenvalue weighted by Gasteiger charge is -2.31. The molecule has 0 spiro atoms. The van der Waals surface area contributed by atoms with Crippen molar-refractivity contribution in [2.75, 3.05) is 45.9 Å². The summed E-state index contributed by atoms with van der Waals surface area (Å²) in [5.74, 6) is -0.348. The summed E-state index contributed by atoms with van der Waals surface area (Å²) >= 11 is 0. The van der Waals surface area contributed by atoms with Crippen molar-refractivity contribution in [3.8, 4) is 6.07 Å². The highest BCUT2D eigenvalue weighted by molar-refractivity contribution is 5.86. The van der Waals surface area contributed by atoms with Gasteiger partial charge in [0, 0.05) is 13.1 Å². The van der Waals surface area contributed by atoms with Gasteiger partial charge in [0.05, 0.1) is 32.4 Å². The first-order valence-electron chi connectivity index (χ1n) is 10.4. The standard InChI is InChI=1S/C20H35N5O4/c1-5-7-24-8-6-20(14-21,15-24)23-17(26)16(13-19(2,3)4)22-18(27)29-25-9-11-28-12-10-25/h16H,5-13,15H2,1-4H3,(H,22,27)(H,23,26). The highest BCUT2D eigenvalue weighted by atomic mass is 16.7. The molecule has 9 nitrogen and oxygen atoms in total. The van der Waals surface area contributed by atoms with Crippen LogP contribution in [0, 0.1) is 16.7 Å². The minimum atomic E-state index is -0.918. The van der Waals surface area contributed by atoms with Crippen LogP contribution in [0.2, 0.25) is 0 Å². The van der Waals surface area contributed by atoms with E-state index in [0.29, 0.717) is 45.7 Å². The third-order valence-electron chi connectivity index (χ3n) is 5.07. The van der Waals surface area contributed by atoms with Crippen LogP contribution in [0.5, 0.6) is 0 Å². The third kappa shape index (κ3) is 7.46. The Balaban J connectivity index is 2.01. The van der Waals surface area contributed by atoms with Crippen LogP contribution in [0.4, 0.5) is 4.79 Å². The van der Waals surface area contributed by atoms with Gasteiger partial charge in [0.1, 0.15) is 11.6 Å². The lowest BCUT2D eigenvalue weighted by molar-refractivity contribution is -0.147. The molecule has 2 rings (SSSR count). The quantitative estimate of drug-likeness (QED) is 0.652. The van der Waals surface area contributed by atoms with E-state index in [1.807, 2.05) is 20.8 Å². The fraction of sp³-hybridized carbons (Fsp3) is 0.850. The molecule has 0 aromatic rings. The number of carbonyl (C=O) groups is 2. The summed E-state index contributed by atoms with van der Waals surface area (Å²) in [5.41, 5.74) is -1.11. The van der Waals surface area contributed by atoms with E-state index < -0.39 is 17.7 Å². The smallest absolute Gasteiger partial charge is 0.379 e. The maximum absolute atomic E-state index is 13.0. The van der Waals surface area contributed by atoms with E-state index in [1.165, 1.54) is 5.06 Å². The highest BCUT2D eigenvalue weighted by Crippen LogP contribution is 2.24. The SMILES string of the molecule is CCCN1CCC(C#N)(NC(=O)C(CC(C)(C)C)NC(=O)ON2CCOCC2)C1. The van der Waals surface area contributed by atoms with Gasteiger partial charge >= 0.3 is 6.09 Å². The first kappa shape index (κ1) is 23.4. The summed E-state index contributed by atoms with van der Waals surface area (Å²) in [6.07, 6.45) is 1.34. The number of morpholine rings is 1. The van der Waals surface area contributed by atoms with Gasteiger partial charge in [-0.3, -0.25) is 9.69 Å². The van der Waals surface area contributed by atoms with E-state index in [-0.39, 0.29) is 11.3 Å². The molecule has 2 unspecified atom stereocenters. The number of hydroxylamine groups is 2. The first-order chi connectivity index (χ1) is 13.7. The van der Waals surface area contributed by atoms with Crippen molar-refractivity contribution in [3.63, 3.8) is 0 Å². The van der Waals surface area contributed by atoms with Crippen LogP contribution in [-0.2, 0) is 14.4 Å². The van der Waals surface area contributed by atoms with Crippen molar-refractivity contribution in [3.05, 3.63) is 0 Å². The zero-order chi connectivity index (χ0) is 21.5. The monoisotopic (exact) mass is 409 g/mol. The number of amides is 2. The Kier molecular flexibility index (Phi) is 8.25. The first-order valence-corrected chi connectivity index (χ1v) is 10.4. The molecule has 29 heavy (non-hydrogen) atoms. The van der Waals surface area contributed by atoms with Crippen LogP contribution in [0.1, 0.15) is 47.0 Å². The zero-order valence-electron chi connectivity index (χ0n) is 18.1. The minimum Gasteiger partial charge on any atom is -0.379 e. The molecule has 0 aromatic carbocycles. The largest absolute Gasteiger partial charge is 0.426 e. The maximum atomic E-state index is 13.0. The molecule has 0 aromatic heterocycles. The molecule has 0 radical (unpaired) electrons. The average Bonchev–Trinajstić information content (AvgIpc) is 3.04. The summed E-state index contributed by atoms with van der Waals surface area (Å²) in [4.78, 5) is 32.9. The summed E-state index contributed by atoms with van der Waals surface area (Å²) in [6.45, 7) is 12.3. The number of ether oxygens (including phenoxy) is 1. The van der Waals surface area contributed by atoms with Gasteiger partial charge < -0.3 is 20.2 Å². The number of nitrogens with zero attached hydrogens (tertiary/aromatic N) is 3. The number of likely N-dealkylation sites (tertiary alicyclic amines) is 1. The maximum Gasteiger partial charge on any atom is 0.426 e. The van der Waals surface area contributed by atoms with Crippen molar-refractivity contribution < 1.29 is 19.2 Å². The van der Waals surface area contributed by atoms with E-state index in [9.17, 15) is 14.9 Å². The Morgan fingerprint density at radius 1 is 1.28 bits per heavy atom. The van der Waals surface area contributed by atoms with E-state index in [2.05, 4.69) is 28.5 Å². The molecule has 2 aliphatic rings. The van der Waals surface area contributed by atoms with Gasteiger partial charge in [-0.2, -0.15) is 5.26 Å². The Bertz CT molecular complexity index is 609. The third-order valence-corrected chi connectivity index (χ3v) is 5.07. The van der Waals surface area contributed by atoms with Crippen molar-refractivity contribution >= 4 is 12.0 Å². The van der Waals surface area contributed by atoms with Gasteiger partial charge in [0.15, 0.2) is 0 Å². The predicted octanol–water partition coefficient (Wildman–Crippen LogP) is 1.26. The molecular weight excluding hydrogens is 374 g/mol. The van der Waals surface area contributed by atoms with Crippen molar-refractivity contribution in [1.29, 1.82) is 5.26 Å². The molecule has 2 fully saturated rings. The summed E-state index contributed by atoms with van der Waals surface area (Å²) in [6, 6.07) is 1.51. The topological polar surface area (TPSA) is 107 Å². The summed E-state index contributed by atoms with van der Waals surface area (Å²) in [7, 11) is 0. The summed E-state index contributed by atoms with van der Waals surface area (Å²) in [5, 5.41) is 16.9. The Morgan fingerprint density at radius 3 is 2.55 bits per heavy atom. The number of hydrogen-bond donors (Lipinski definition) is 2. The van der Waals surface area contributed by atoms with Gasteiger partial charge in [-0.1, -0.05) is 27.7 Å². The van der Waals surface area contributed by atoms with Crippen LogP contribution in [-0.4, -0.2) is 79.5 Å². The molecule has 2 heterocycles. The molecule has 0 bridgehead atoms. The van der Waals surface area contributed by atoms with Gasteiger partial charge in [0.25, 0.3) is 0 Å². The normalized spacial score (nSPS) is 24.5. The second kappa shape index (κ2) is 10.2. The van der Waals surface area contributed by atoms with E-state index in [0.717, 1.165) is 19.5 Å². The van der Waals surface area contributed by atoms with Crippen LogP contribution in [0.3, 0.4) is 0 Å². The minimum absolute atomic E-state index is 0.196. The van der Waals surface area contributed by atoms with Crippen molar-refractivity contribution in [1.82, 2.24) is 20.6 Å². The van der Waals surface area contributed by atoms with Crippen LogP contribution >= 0.6 is 0 Å². The number of nitrogens with one attached hydrogen (secondary N) is 2. The molecule has 2 atom stereocenters. The van der Waals surface area contributed by atoms with Crippen molar-refractivity contribution in [2.45, 2.75) is 58.5 Å². The number of carbonyl (C=O) groups excluding carboxylic acids is 2. The fourth-order valence-electron chi connectivity index (χ4n) is 3.69. The second-order valence-corrected chi connectivity index (χ2v) is 9.09. The molecule has 2 saturated heterocycles. The van der Waals surface area contributed by atoms with E-state index >= 15 is 0 Å². The summed E-state index contributed by atoms with van der Waals surface area (Å²) < 4.78 is 5.24.